The van der Waals surface area contributed by atoms with Crippen LogP contribution in [0.1, 0.15) is 65.2 Å². The van der Waals surface area contributed by atoms with Crippen LogP contribution in [0.15, 0.2) is 0 Å². The normalized spacial score (nSPS) is 15.5. The molecule has 9 heteroatoms. The molecule has 4 unspecified atom stereocenters. The van der Waals surface area contributed by atoms with E-state index in [-0.39, 0.29) is 13.2 Å². The van der Waals surface area contributed by atoms with E-state index in [9.17, 15) is 10.2 Å². The summed E-state index contributed by atoms with van der Waals surface area (Å²) in [5.74, 6) is 0. The van der Waals surface area contributed by atoms with Crippen molar-refractivity contribution >= 4 is 0 Å². The Labute approximate surface area is 200 Å². The second-order valence-corrected chi connectivity index (χ2v) is 8.79. The molecular formula is C24H51NO8. The Morgan fingerprint density at radius 2 is 0.788 bits per heavy atom. The minimum Gasteiger partial charge on any atom is -0.391 e. The first kappa shape index (κ1) is 32.6. The van der Waals surface area contributed by atoms with E-state index in [1.165, 1.54) is 0 Å². The molecule has 0 aromatic rings. The van der Waals surface area contributed by atoms with Crippen molar-refractivity contribution in [1.82, 2.24) is 5.32 Å². The fraction of sp³-hybridized carbons (Fsp3) is 1.00. The maximum Gasteiger partial charge on any atom is 0.0897 e. The molecule has 200 valence electrons. The first-order chi connectivity index (χ1) is 15.9. The molecule has 9 nitrogen and oxygen atoms in total. The molecule has 0 saturated heterocycles. The van der Waals surface area contributed by atoms with Gasteiger partial charge in [0.05, 0.1) is 50.8 Å². The Bertz CT molecular complexity index is 353. The summed E-state index contributed by atoms with van der Waals surface area (Å²) in [7, 11) is 0. The lowest BCUT2D eigenvalue weighted by Crippen LogP contribution is -2.37. The maximum atomic E-state index is 9.93. The molecular weight excluding hydrogens is 430 g/mol. The summed E-state index contributed by atoms with van der Waals surface area (Å²) < 4.78 is 21.6. The number of rotatable bonds is 26. The van der Waals surface area contributed by atoms with Gasteiger partial charge in [0.15, 0.2) is 0 Å². The third kappa shape index (κ3) is 27.8. The molecule has 0 aliphatic rings. The van der Waals surface area contributed by atoms with Crippen LogP contribution in [0, 0.1) is 0 Å². The number of nitrogens with one attached hydrogen (secondary N) is 1. The van der Waals surface area contributed by atoms with Gasteiger partial charge in [-0.3, -0.25) is 0 Å². The third-order valence-corrected chi connectivity index (χ3v) is 4.75. The predicted octanol–water partition coefficient (Wildman–Crippen LogP) is 1.25. The van der Waals surface area contributed by atoms with Crippen LogP contribution in [0.5, 0.6) is 0 Å². The summed E-state index contributed by atoms with van der Waals surface area (Å²) in [5, 5.41) is 41.1. The van der Waals surface area contributed by atoms with E-state index in [1.807, 2.05) is 0 Å². The van der Waals surface area contributed by atoms with Gasteiger partial charge in [0.2, 0.25) is 0 Å². The summed E-state index contributed by atoms with van der Waals surface area (Å²) >= 11 is 0. The largest absolute Gasteiger partial charge is 0.391 e. The summed E-state index contributed by atoms with van der Waals surface area (Å²) in [6, 6.07) is 0. The number of aliphatic hydroxyl groups is 4. The monoisotopic (exact) mass is 481 g/mol. The molecule has 0 aromatic heterocycles. The maximum absolute atomic E-state index is 9.93. The van der Waals surface area contributed by atoms with Crippen molar-refractivity contribution in [3.63, 3.8) is 0 Å². The lowest BCUT2D eigenvalue weighted by molar-refractivity contribution is 0.0219. The first-order valence-electron chi connectivity index (χ1n) is 12.7. The van der Waals surface area contributed by atoms with E-state index in [1.54, 1.807) is 13.8 Å². The van der Waals surface area contributed by atoms with Crippen LogP contribution in [0.3, 0.4) is 0 Å². The first-order valence-corrected chi connectivity index (χ1v) is 12.7. The number of hydrogen-bond acceptors (Lipinski definition) is 9. The zero-order valence-electron chi connectivity index (χ0n) is 21.0. The van der Waals surface area contributed by atoms with Crippen LogP contribution in [0.25, 0.3) is 0 Å². The van der Waals surface area contributed by atoms with E-state index < -0.39 is 24.4 Å². The average molecular weight is 482 g/mol. The van der Waals surface area contributed by atoms with Gasteiger partial charge in [0.25, 0.3) is 0 Å². The van der Waals surface area contributed by atoms with Crippen molar-refractivity contribution in [2.24, 2.45) is 0 Å². The van der Waals surface area contributed by atoms with Crippen LogP contribution in [-0.2, 0) is 18.9 Å². The zero-order chi connectivity index (χ0) is 24.6. The van der Waals surface area contributed by atoms with Crippen molar-refractivity contribution in [1.29, 1.82) is 0 Å². The van der Waals surface area contributed by atoms with Gasteiger partial charge < -0.3 is 44.7 Å². The highest BCUT2D eigenvalue weighted by Gasteiger charge is 2.07. The SMILES string of the molecule is CC(O)COCCCCCCOCC(O)CNCC(O)COCCCCCCOCC(C)O. The van der Waals surface area contributed by atoms with Crippen LogP contribution >= 0.6 is 0 Å². The minimum atomic E-state index is -0.600. The standard InChI is InChI=1S/C24H51NO8/c1-21(26)17-30-11-7-3-5-9-13-32-19-23(28)15-25-16-24(29)20-33-14-10-6-4-8-12-31-18-22(2)27/h21-29H,3-20H2,1-2H3. The third-order valence-electron chi connectivity index (χ3n) is 4.75. The number of hydrogen-bond donors (Lipinski definition) is 5. The summed E-state index contributed by atoms with van der Waals surface area (Å²) in [6.07, 6.45) is 6.07. The molecule has 0 aliphatic heterocycles. The predicted molar refractivity (Wildman–Crippen MR) is 128 cm³/mol. The molecule has 0 spiro atoms. The molecule has 0 saturated carbocycles. The Morgan fingerprint density at radius 1 is 0.485 bits per heavy atom. The Hall–Kier alpha value is -0.360. The highest BCUT2D eigenvalue weighted by molar-refractivity contribution is 4.63. The molecule has 0 fully saturated rings. The lowest BCUT2D eigenvalue weighted by atomic mass is 10.2. The quantitative estimate of drug-likeness (QED) is 0.116. The van der Waals surface area contributed by atoms with Crippen molar-refractivity contribution in [3.05, 3.63) is 0 Å². The molecule has 0 aromatic carbocycles. The fourth-order valence-electron chi connectivity index (χ4n) is 3.00. The Morgan fingerprint density at radius 3 is 1.09 bits per heavy atom. The van der Waals surface area contributed by atoms with E-state index in [4.69, 9.17) is 29.2 Å². The zero-order valence-corrected chi connectivity index (χ0v) is 21.0. The van der Waals surface area contributed by atoms with E-state index in [0.29, 0.717) is 52.7 Å². The molecule has 0 amide bonds. The van der Waals surface area contributed by atoms with E-state index >= 15 is 0 Å². The van der Waals surface area contributed by atoms with E-state index in [2.05, 4.69) is 5.32 Å². The number of ether oxygens (including phenoxy) is 4. The van der Waals surface area contributed by atoms with Gasteiger partial charge in [-0.25, -0.2) is 0 Å². The van der Waals surface area contributed by atoms with Gasteiger partial charge in [0, 0.05) is 39.5 Å². The Kier molecular flexibility index (Phi) is 24.5. The molecule has 0 radical (unpaired) electrons. The molecule has 0 heterocycles. The second kappa shape index (κ2) is 24.8. The highest BCUT2D eigenvalue weighted by atomic mass is 16.5. The molecule has 0 bridgehead atoms. The van der Waals surface area contributed by atoms with Gasteiger partial charge in [0.1, 0.15) is 0 Å². The fourth-order valence-corrected chi connectivity index (χ4v) is 3.00. The molecule has 4 atom stereocenters. The molecule has 0 rings (SSSR count). The van der Waals surface area contributed by atoms with Crippen molar-refractivity contribution in [3.8, 4) is 0 Å². The summed E-state index contributed by atoms with van der Waals surface area (Å²) in [4.78, 5) is 0. The van der Waals surface area contributed by atoms with Crippen LogP contribution in [-0.4, -0.2) is 111 Å². The van der Waals surface area contributed by atoms with E-state index in [0.717, 1.165) is 51.4 Å². The highest BCUT2D eigenvalue weighted by Crippen LogP contribution is 2.02. The smallest absolute Gasteiger partial charge is 0.0897 e. The molecule has 5 N–H and O–H groups in total. The van der Waals surface area contributed by atoms with Gasteiger partial charge in [-0.1, -0.05) is 25.7 Å². The van der Waals surface area contributed by atoms with Crippen LogP contribution < -0.4 is 5.32 Å². The summed E-state index contributed by atoms with van der Waals surface area (Å²) in [5.41, 5.74) is 0. The number of unbranched alkanes of at least 4 members (excludes halogenated alkanes) is 6. The second-order valence-electron chi connectivity index (χ2n) is 8.79. The van der Waals surface area contributed by atoms with Gasteiger partial charge >= 0.3 is 0 Å². The molecule has 0 aliphatic carbocycles. The van der Waals surface area contributed by atoms with Gasteiger partial charge in [-0.05, 0) is 39.5 Å². The van der Waals surface area contributed by atoms with Gasteiger partial charge in [-0.15, -0.1) is 0 Å². The molecule has 33 heavy (non-hydrogen) atoms. The van der Waals surface area contributed by atoms with Crippen LogP contribution in [0.4, 0.5) is 0 Å². The minimum absolute atomic E-state index is 0.279. The van der Waals surface area contributed by atoms with Crippen LogP contribution in [0.2, 0.25) is 0 Å². The van der Waals surface area contributed by atoms with Crippen molar-refractivity contribution in [2.75, 3.05) is 65.9 Å². The van der Waals surface area contributed by atoms with Gasteiger partial charge in [-0.2, -0.15) is 0 Å². The Balaban J connectivity index is 3.30. The van der Waals surface area contributed by atoms with Crippen molar-refractivity contribution < 1.29 is 39.4 Å². The lowest BCUT2D eigenvalue weighted by Gasteiger charge is -2.15. The van der Waals surface area contributed by atoms with Crippen molar-refractivity contribution in [2.45, 2.75) is 89.6 Å². The number of aliphatic hydroxyl groups excluding tert-OH is 4. The topological polar surface area (TPSA) is 130 Å². The average Bonchev–Trinajstić information content (AvgIpc) is 2.75. The summed E-state index contributed by atoms with van der Waals surface area (Å²) in [6.45, 7) is 8.10.